The lowest BCUT2D eigenvalue weighted by atomic mass is 10.2. The van der Waals surface area contributed by atoms with Crippen LogP contribution in [-0.2, 0) is 14.8 Å². The van der Waals surface area contributed by atoms with Gasteiger partial charge in [-0.3, -0.25) is 0 Å². The molecule has 1 fully saturated rings. The van der Waals surface area contributed by atoms with Crippen LogP contribution in [0.3, 0.4) is 0 Å². The van der Waals surface area contributed by atoms with Gasteiger partial charge < -0.3 is 4.74 Å². The van der Waals surface area contributed by atoms with Crippen LogP contribution in [0.15, 0.2) is 32.0 Å². The molecule has 1 N–H and O–H groups in total. The molecule has 1 aromatic carbocycles. The number of sulfonamides is 1. The number of ether oxygens (including phenoxy) is 1. The Morgan fingerprint density at radius 3 is 2.67 bits per heavy atom. The third-order valence-electron chi connectivity index (χ3n) is 2.87. The Kier molecular flexibility index (Phi) is 4.48. The van der Waals surface area contributed by atoms with E-state index in [1.807, 2.05) is 6.92 Å². The highest BCUT2D eigenvalue weighted by Gasteiger charge is 2.29. The predicted octanol–water partition coefficient (Wildman–Crippen LogP) is 2.67. The van der Waals surface area contributed by atoms with E-state index in [4.69, 9.17) is 4.74 Å². The molecule has 1 heterocycles. The van der Waals surface area contributed by atoms with E-state index in [0.29, 0.717) is 17.5 Å². The van der Waals surface area contributed by atoms with Gasteiger partial charge in [0.1, 0.15) is 0 Å². The van der Waals surface area contributed by atoms with E-state index < -0.39 is 10.0 Å². The van der Waals surface area contributed by atoms with E-state index in [1.54, 1.807) is 18.2 Å². The summed E-state index contributed by atoms with van der Waals surface area (Å²) in [6, 6.07) is 4.82. The summed E-state index contributed by atoms with van der Waals surface area (Å²) in [5.41, 5.74) is 0. The largest absolute Gasteiger partial charge is 0.377 e. The summed E-state index contributed by atoms with van der Waals surface area (Å²) in [7, 11) is -3.52. The van der Waals surface area contributed by atoms with Crippen molar-refractivity contribution in [2.24, 2.45) is 0 Å². The molecule has 1 aromatic rings. The van der Waals surface area contributed by atoms with Crippen LogP contribution in [0.25, 0.3) is 0 Å². The smallest absolute Gasteiger partial charge is 0.242 e. The van der Waals surface area contributed by atoms with Gasteiger partial charge in [0.15, 0.2) is 0 Å². The van der Waals surface area contributed by atoms with Gasteiger partial charge in [-0.05, 0) is 47.5 Å². The van der Waals surface area contributed by atoms with Gasteiger partial charge in [-0.15, -0.1) is 0 Å². The first-order valence-electron chi connectivity index (χ1n) is 5.49. The number of rotatable bonds is 3. The normalized spacial score (nSPS) is 24.4. The Bertz CT molecular complexity index is 547. The molecule has 0 amide bonds. The SMILES string of the molecule is CC1OCCC1NS(=O)(=O)c1ccc(Br)cc1Br. The van der Waals surface area contributed by atoms with E-state index >= 15 is 0 Å². The average Bonchev–Trinajstić information content (AvgIpc) is 2.63. The minimum Gasteiger partial charge on any atom is -0.377 e. The van der Waals surface area contributed by atoms with Crippen LogP contribution in [0.4, 0.5) is 0 Å². The molecule has 0 aliphatic carbocycles. The topological polar surface area (TPSA) is 55.4 Å². The van der Waals surface area contributed by atoms with Crippen molar-refractivity contribution in [2.75, 3.05) is 6.61 Å². The molecule has 0 spiro atoms. The minimum absolute atomic E-state index is 0.0889. The lowest BCUT2D eigenvalue weighted by Gasteiger charge is -2.16. The molecule has 0 bridgehead atoms. The van der Waals surface area contributed by atoms with Gasteiger partial charge in [-0.2, -0.15) is 0 Å². The fraction of sp³-hybridized carbons (Fsp3) is 0.455. The van der Waals surface area contributed by atoms with Crippen LogP contribution in [0.1, 0.15) is 13.3 Å². The first-order valence-corrected chi connectivity index (χ1v) is 8.56. The third-order valence-corrected chi connectivity index (χ3v) is 5.83. The standard InChI is InChI=1S/C11H13Br2NO3S/c1-7-10(4-5-17-7)14-18(15,16)11-3-2-8(12)6-9(11)13/h2-3,6-7,10,14H,4-5H2,1H3. The van der Waals surface area contributed by atoms with Crippen molar-refractivity contribution in [2.45, 2.75) is 30.4 Å². The average molecular weight is 399 g/mol. The molecule has 2 unspecified atom stereocenters. The van der Waals surface area contributed by atoms with Gasteiger partial charge in [-0.25, -0.2) is 13.1 Å². The highest BCUT2D eigenvalue weighted by Crippen LogP contribution is 2.26. The van der Waals surface area contributed by atoms with Crippen LogP contribution in [0.2, 0.25) is 0 Å². The van der Waals surface area contributed by atoms with Crippen molar-refractivity contribution in [3.05, 3.63) is 27.1 Å². The second-order valence-corrected chi connectivity index (χ2v) is 7.62. The van der Waals surface area contributed by atoms with Crippen molar-refractivity contribution >= 4 is 41.9 Å². The summed E-state index contributed by atoms with van der Waals surface area (Å²) < 4.78 is 33.9. The first-order chi connectivity index (χ1) is 8.40. The van der Waals surface area contributed by atoms with E-state index in [1.165, 1.54) is 0 Å². The number of hydrogen-bond acceptors (Lipinski definition) is 3. The van der Waals surface area contributed by atoms with E-state index in [-0.39, 0.29) is 17.0 Å². The monoisotopic (exact) mass is 397 g/mol. The molecule has 0 aromatic heterocycles. The number of benzene rings is 1. The van der Waals surface area contributed by atoms with Gasteiger partial charge in [0.25, 0.3) is 0 Å². The Balaban J connectivity index is 2.25. The molecule has 0 radical (unpaired) electrons. The fourth-order valence-electron chi connectivity index (χ4n) is 1.84. The summed E-state index contributed by atoms with van der Waals surface area (Å²) in [6.07, 6.45) is 0.614. The molecule has 2 rings (SSSR count). The molecule has 1 saturated heterocycles. The van der Waals surface area contributed by atoms with Crippen LogP contribution in [0.5, 0.6) is 0 Å². The summed E-state index contributed by atoms with van der Waals surface area (Å²) >= 11 is 6.56. The molecule has 1 aliphatic heterocycles. The second kappa shape index (κ2) is 5.58. The molecular formula is C11H13Br2NO3S. The van der Waals surface area contributed by atoms with E-state index in [2.05, 4.69) is 36.6 Å². The molecule has 18 heavy (non-hydrogen) atoms. The molecule has 4 nitrogen and oxygen atoms in total. The maximum atomic E-state index is 12.3. The molecule has 100 valence electrons. The maximum absolute atomic E-state index is 12.3. The summed E-state index contributed by atoms with van der Waals surface area (Å²) in [4.78, 5) is 0.241. The Hall–Kier alpha value is 0.0500. The second-order valence-electron chi connectivity index (χ2n) is 4.17. The summed E-state index contributed by atoms with van der Waals surface area (Å²) in [5.74, 6) is 0. The Morgan fingerprint density at radius 1 is 1.39 bits per heavy atom. The van der Waals surface area contributed by atoms with Crippen LogP contribution in [-0.4, -0.2) is 27.2 Å². The van der Waals surface area contributed by atoms with Crippen molar-refractivity contribution in [3.63, 3.8) is 0 Å². The highest BCUT2D eigenvalue weighted by molar-refractivity contribution is 9.11. The van der Waals surface area contributed by atoms with Gasteiger partial charge in [0, 0.05) is 15.6 Å². The van der Waals surface area contributed by atoms with Crippen molar-refractivity contribution in [1.29, 1.82) is 0 Å². The van der Waals surface area contributed by atoms with Crippen molar-refractivity contribution in [1.82, 2.24) is 4.72 Å². The summed E-state index contributed by atoms with van der Waals surface area (Å²) in [5, 5.41) is 0. The lowest BCUT2D eigenvalue weighted by molar-refractivity contribution is 0.117. The van der Waals surface area contributed by atoms with Crippen molar-refractivity contribution in [3.8, 4) is 0 Å². The minimum atomic E-state index is -3.52. The predicted molar refractivity (Wildman–Crippen MR) is 76.0 cm³/mol. The van der Waals surface area contributed by atoms with Crippen LogP contribution in [0, 0.1) is 0 Å². The van der Waals surface area contributed by atoms with Gasteiger partial charge in [0.05, 0.1) is 17.0 Å². The molecule has 7 heteroatoms. The Labute approximate surface area is 123 Å². The quantitative estimate of drug-likeness (QED) is 0.851. The van der Waals surface area contributed by atoms with Crippen molar-refractivity contribution < 1.29 is 13.2 Å². The zero-order valence-electron chi connectivity index (χ0n) is 9.69. The van der Waals surface area contributed by atoms with Gasteiger partial charge in [0.2, 0.25) is 10.0 Å². The third kappa shape index (κ3) is 3.14. The summed E-state index contributed by atoms with van der Waals surface area (Å²) in [6.45, 7) is 2.46. The molecule has 1 aliphatic rings. The first kappa shape index (κ1) is 14.5. The molecule has 0 saturated carbocycles. The molecular weight excluding hydrogens is 386 g/mol. The van der Waals surface area contributed by atoms with Gasteiger partial charge >= 0.3 is 0 Å². The highest BCUT2D eigenvalue weighted by atomic mass is 79.9. The van der Waals surface area contributed by atoms with E-state index in [0.717, 1.165) is 4.47 Å². The van der Waals surface area contributed by atoms with Crippen LogP contribution >= 0.6 is 31.9 Å². The maximum Gasteiger partial charge on any atom is 0.242 e. The Morgan fingerprint density at radius 2 is 2.11 bits per heavy atom. The number of halogens is 2. The van der Waals surface area contributed by atoms with E-state index in [9.17, 15) is 8.42 Å². The number of hydrogen-bond donors (Lipinski definition) is 1. The zero-order chi connectivity index (χ0) is 13.3. The van der Waals surface area contributed by atoms with Gasteiger partial charge in [-0.1, -0.05) is 15.9 Å². The lowest BCUT2D eigenvalue weighted by Crippen LogP contribution is -2.39. The number of nitrogens with one attached hydrogen (secondary N) is 1. The fourth-order valence-corrected chi connectivity index (χ4v) is 4.93. The zero-order valence-corrected chi connectivity index (χ0v) is 13.7. The van der Waals surface area contributed by atoms with Crippen LogP contribution < -0.4 is 4.72 Å². The molecule has 2 atom stereocenters.